The Kier molecular flexibility index (Phi) is 6.33. The highest BCUT2D eigenvalue weighted by atomic mass is 16.8. The number of rotatable bonds is 6. The fraction of sp³-hybridized carbons (Fsp3) is 0.120. The molecule has 1 unspecified atom stereocenters. The molecule has 1 atom stereocenters. The van der Waals surface area contributed by atoms with Crippen molar-refractivity contribution in [1.29, 1.82) is 0 Å². The Morgan fingerprint density at radius 1 is 1.00 bits per heavy atom. The van der Waals surface area contributed by atoms with Crippen LogP contribution in [0.4, 0.5) is 5.69 Å². The van der Waals surface area contributed by atoms with E-state index in [0.29, 0.717) is 39.2 Å². The number of methoxy groups -OCH3 is 2. The van der Waals surface area contributed by atoms with Gasteiger partial charge in [0.15, 0.2) is 17.2 Å². The monoisotopic (exact) mass is 463 g/mol. The fourth-order valence-corrected chi connectivity index (χ4v) is 3.66. The van der Waals surface area contributed by atoms with Gasteiger partial charge in [-0.3, -0.25) is 0 Å². The summed E-state index contributed by atoms with van der Waals surface area (Å²) in [6.45, 7) is 1.77. The molecule has 0 aliphatic rings. The Balaban J connectivity index is 1.74. The molecule has 0 fully saturated rings. The Hall–Kier alpha value is -4.18. The SMILES string of the molecule is COc1ccc(-c2c(C)c3cc(OC(=O)c4cccc([NH+]([O-])O)c4)ccc3oc2=O)cc1OC. The minimum atomic E-state index is -1.14. The fourth-order valence-electron chi connectivity index (χ4n) is 3.66. The maximum Gasteiger partial charge on any atom is 0.344 e. The third kappa shape index (κ3) is 4.35. The largest absolute Gasteiger partial charge is 0.595 e. The lowest BCUT2D eigenvalue weighted by molar-refractivity contribution is -0.991. The first-order chi connectivity index (χ1) is 16.3. The van der Waals surface area contributed by atoms with Gasteiger partial charge in [-0.2, -0.15) is 5.23 Å². The van der Waals surface area contributed by atoms with Gasteiger partial charge in [-0.1, -0.05) is 12.1 Å². The van der Waals surface area contributed by atoms with Crippen LogP contribution in [-0.2, 0) is 0 Å². The van der Waals surface area contributed by atoms with E-state index in [4.69, 9.17) is 23.8 Å². The number of quaternary nitrogens is 1. The first kappa shape index (κ1) is 23.0. The second-order valence-corrected chi connectivity index (χ2v) is 7.39. The van der Waals surface area contributed by atoms with Gasteiger partial charge >= 0.3 is 11.6 Å². The van der Waals surface area contributed by atoms with E-state index in [1.165, 1.54) is 44.6 Å². The number of carbonyl (C=O) groups excluding carboxylic acids is 1. The zero-order valence-corrected chi connectivity index (χ0v) is 18.6. The Labute approximate surface area is 193 Å². The number of aryl methyl sites for hydroxylation is 1. The summed E-state index contributed by atoms with van der Waals surface area (Å²) in [6, 6.07) is 15.3. The van der Waals surface area contributed by atoms with Crippen LogP contribution in [0.3, 0.4) is 0 Å². The van der Waals surface area contributed by atoms with Gasteiger partial charge in [-0.15, -0.1) is 0 Å². The van der Waals surface area contributed by atoms with Gasteiger partial charge < -0.3 is 23.8 Å². The van der Waals surface area contributed by atoms with Crippen molar-refractivity contribution < 1.29 is 33.9 Å². The van der Waals surface area contributed by atoms with Crippen molar-refractivity contribution in [2.45, 2.75) is 6.92 Å². The predicted molar refractivity (Wildman–Crippen MR) is 123 cm³/mol. The average molecular weight is 463 g/mol. The molecule has 0 spiro atoms. The van der Waals surface area contributed by atoms with Gasteiger partial charge in [0, 0.05) is 17.5 Å². The van der Waals surface area contributed by atoms with E-state index in [2.05, 4.69) is 0 Å². The number of carbonyl (C=O) groups is 1. The topological polar surface area (TPSA) is 123 Å². The van der Waals surface area contributed by atoms with Gasteiger partial charge in [-0.25, -0.2) is 14.8 Å². The molecule has 174 valence electrons. The van der Waals surface area contributed by atoms with Gasteiger partial charge in [-0.05, 0) is 54.4 Å². The summed E-state index contributed by atoms with van der Waals surface area (Å²) in [5.74, 6) is 0.492. The molecule has 1 aromatic heterocycles. The van der Waals surface area contributed by atoms with E-state index in [-0.39, 0.29) is 17.0 Å². The Morgan fingerprint density at radius 3 is 2.47 bits per heavy atom. The molecule has 0 radical (unpaired) electrons. The van der Waals surface area contributed by atoms with E-state index < -0.39 is 16.8 Å². The molecular weight excluding hydrogens is 442 g/mol. The quantitative estimate of drug-likeness (QED) is 0.193. The molecule has 0 saturated heterocycles. The molecule has 4 aromatic rings. The normalized spacial score (nSPS) is 11.8. The summed E-state index contributed by atoms with van der Waals surface area (Å²) >= 11 is 0. The van der Waals surface area contributed by atoms with Gasteiger partial charge in [0.25, 0.3) is 0 Å². The van der Waals surface area contributed by atoms with Crippen LogP contribution in [0, 0.1) is 12.1 Å². The van der Waals surface area contributed by atoms with Crippen molar-refractivity contribution in [2.75, 3.05) is 14.2 Å². The molecule has 0 saturated carbocycles. The Bertz CT molecular complexity index is 1440. The van der Waals surface area contributed by atoms with Crippen molar-refractivity contribution in [1.82, 2.24) is 0 Å². The van der Waals surface area contributed by atoms with Crippen LogP contribution >= 0.6 is 0 Å². The zero-order valence-electron chi connectivity index (χ0n) is 18.6. The van der Waals surface area contributed by atoms with E-state index >= 15 is 0 Å². The van der Waals surface area contributed by atoms with Crippen LogP contribution in [0.2, 0.25) is 0 Å². The number of benzene rings is 3. The summed E-state index contributed by atoms with van der Waals surface area (Å²) in [6.07, 6.45) is 0. The van der Waals surface area contributed by atoms with E-state index in [0.717, 1.165) is 0 Å². The van der Waals surface area contributed by atoms with Crippen molar-refractivity contribution in [2.24, 2.45) is 0 Å². The third-order valence-corrected chi connectivity index (χ3v) is 5.36. The van der Waals surface area contributed by atoms with Crippen LogP contribution < -0.4 is 25.1 Å². The number of hydrogen-bond acceptors (Lipinski definition) is 8. The molecule has 9 nitrogen and oxygen atoms in total. The van der Waals surface area contributed by atoms with Gasteiger partial charge in [0.1, 0.15) is 11.3 Å². The predicted octanol–water partition coefficient (Wildman–Crippen LogP) is 3.41. The van der Waals surface area contributed by atoms with E-state index in [1.807, 2.05) is 0 Å². The van der Waals surface area contributed by atoms with Gasteiger partial charge in [0.2, 0.25) is 0 Å². The van der Waals surface area contributed by atoms with Gasteiger partial charge in [0.05, 0.1) is 25.3 Å². The van der Waals surface area contributed by atoms with Crippen LogP contribution in [-0.4, -0.2) is 25.4 Å². The minimum Gasteiger partial charge on any atom is -0.595 e. The molecule has 0 aliphatic carbocycles. The van der Waals surface area contributed by atoms with Crippen LogP contribution in [0.25, 0.3) is 22.1 Å². The Morgan fingerprint density at radius 2 is 1.76 bits per heavy atom. The van der Waals surface area contributed by atoms with Crippen molar-refractivity contribution in [3.05, 3.63) is 87.4 Å². The van der Waals surface area contributed by atoms with E-state index in [9.17, 15) is 14.8 Å². The van der Waals surface area contributed by atoms with Crippen molar-refractivity contribution in [3.8, 4) is 28.4 Å². The molecule has 34 heavy (non-hydrogen) atoms. The molecular formula is C25H21NO8. The summed E-state index contributed by atoms with van der Waals surface area (Å²) in [4.78, 5) is 25.3. The third-order valence-electron chi connectivity index (χ3n) is 5.36. The lowest BCUT2D eigenvalue weighted by Crippen LogP contribution is -2.99. The highest BCUT2D eigenvalue weighted by Gasteiger charge is 2.17. The van der Waals surface area contributed by atoms with Crippen LogP contribution in [0.15, 0.2) is 69.9 Å². The molecule has 0 bridgehead atoms. The molecule has 9 heteroatoms. The van der Waals surface area contributed by atoms with E-state index in [1.54, 1.807) is 37.3 Å². The van der Waals surface area contributed by atoms with Crippen LogP contribution in [0.1, 0.15) is 15.9 Å². The number of esters is 1. The number of hydrogen-bond donors (Lipinski definition) is 2. The summed E-state index contributed by atoms with van der Waals surface area (Å²) < 4.78 is 21.6. The first-order valence-corrected chi connectivity index (χ1v) is 10.2. The molecule has 0 aliphatic heterocycles. The van der Waals surface area contributed by atoms with Crippen molar-refractivity contribution in [3.63, 3.8) is 0 Å². The highest BCUT2D eigenvalue weighted by Crippen LogP contribution is 2.34. The molecule has 0 amide bonds. The number of ether oxygens (including phenoxy) is 3. The second-order valence-electron chi connectivity index (χ2n) is 7.39. The maximum absolute atomic E-state index is 12.8. The minimum absolute atomic E-state index is 0.0230. The number of nitrogens with one attached hydrogen (secondary N) is 1. The van der Waals surface area contributed by atoms with Crippen molar-refractivity contribution >= 4 is 22.6 Å². The molecule has 1 heterocycles. The standard InChI is InChI=1S/C25H21NO8/c1-14-19-13-18(33-24(27)16-5-4-6-17(11-16)26(29)30)8-10-20(19)34-25(28)23(14)15-7-9-21(31-2)22(12-15)32-3/h4-13,26,29H,1-3H3. The molecule has 3 aromatic carbocycles. The zero-order chi connectivity index (χ0) is 24.4. The average Bonchev–Trinajstić information content (AvgIpc) is 2.84. The van der Waals surface area contributed by atoms with Crippen LogP contribution in [0.5, 0.6) is 17.2 Å². The smallest absolute Gasteiger partial charge is 0.344 e. The summed E-state index contributed by atoms with van der Waals surface area (Å²) in [7, 11) is 3.03. The summed E-state index contributed by atoms with van der Waals surface area (Å²) in [5.41, 5.74) is 1.44. The molecule has 4 rings (SSSR count). The number of fused-ring (bicyclic) bond motifs is 1. The first-order valence-electron chi connectivity index (χ1n) is 10.2. The lowest BCUT2D eigenvalue weighted by Gasteiger charge is -2.13. The summed E-state index contributed by atoms with van der Waals surface area (Å²) in [5, 5.41) is 19.7. The highest BCUT2D eigenvalue weighted by molar-refractivity contribution is 5.93. The maximum atomic E-state index is 12.8. The molecule has 2 N–H and O–H groups in total. The lowest BCUT2D eigenvalue weighted by atomic mass is 9.99. The second kappa shape index (κ2) is 9.36.